The van der Waals surface area contributed by atoms with E-state index in [9.17, 15) is 19.5 Å². The molecule has 2 aromatic carbocycles. The van der Waals surface area contributed by atoms with Crippen molar-refractivity contribution in [3.05, 3.63) is 59.7 Å². The lowest BCUT2D eigenvalue weighted by molar-refractivity contribution is -0.152. The number of fused-ring (bicyclic) bond motifs is 5. The van der Waals surface area contributed by atoms with Crippen LogP contribution in [0.1, 0.15) is 50.2 Å². The number of benzene rings is 2. The van der Waals surface area contributed by atoms with Crippen molar-refractivity contribution < 1.29 is 24.2 Å². The number of alkyl carbamates (subject to hydrolysis) is 1. The molecule has 0 heterocycles. The Morgan fingerprint density at radius 1 is 1.03 bits per heavy atom. The van der Waals surface area contributed by atoms with Gasteiger partial charge in [-0.05, 0) is 67.2 Å². The lowest BCUT2D eigenvalue weighted by Crippen LogP contribution is -2.54. The van der Waals surface area contributed by atoms with E-state index in [1.807, 2.05) is 24.3 Å². The van der Waals surface area contributed by atoms with Crippen molar-refractivity contribution >= 4 is 18.0 Å². The summed E-state index contributed by atoms with van der Waals surface area (Å²) in [5, 5.41) is 12.5. The van der Waals surface area contributed by atoms with Crippen molar-refractivity contribution in [2.75, 3.05) is 13.2 Å². The van der Waals surface area contributed by atoms with Crippen LogP contribution in [0, 0.1) is 17.8 Å². The number of ether oxygens (including phenoxy) is 1. The zero-order valence-corrected chi connectivity index (χ0v) is 20.1. The number of aliphatic carboxylic acids is 1. The highest BCUT2D eigenvalue weighted by molar-refractivity contribution is 5.86. The van der Waals surface area contributed by atoms with Gasteiger partial charge in [0.05, 0.1) is 5.92 Å². The Morgan fingerprint density at radius 2 is 1.63 bits per heavy atom. The first-order chi connectivity index (χ1) is 16.9. The van der Waals surface area contributed by atoms with Crippen LogP contribution in [0.5, 0.6) is 0 Å². The summed E-state index contributed by atoms with van der Waals surface area (Å²) in [4.78, 5) is 39.3. The van der Waals surface area contributed by atoms with Gasteiger partial charge >= 0.3 is 12.1 Å². The number of hydrogen-bond acceptors (Lipinski definition) is 4. The molecule has 2 fully saturated rings. The summed E-state index contributed by atoms with van der Waals surface area (Å²) in [6.07, 6.45) is 2.26. The zero-order valence-electron chi connectivity index (χ0n) is 20.1. The molecule has 3 aliphatic carbocycles. The molecule has 2 amide bonds. The third-order valence-corrected chi connectivity index (χ3v) is 8.28. The first kappa shape index (κ1) is 23.4. The number of hydrogen-bond donors (Lipinski definition) is 2. The topological polar surface area (TPSA) is 95.9 Å². The molecule has 0 saturated heterocycles. The Kier molecular flexibility index (Phi) is 6.26. The number of nitrogens with zero attached hydrogens (tertiary/aromatic N) is 1. The van der Waals surface area contributed by atoms with Gasteiger partial charge in [0.15, 0.2) is 0 Å². The third-order valence-electron chi connectivity index (χ3n) is 8.28. The van der Waals surface area contributed by atoms with Crippen LogP contribution in [0.2, 0.25) is 0 Å². The number of carboxylic acids is 1. The smallest absolute Gasteiger partial charge is 0.407 e. The first-order valence-electron chi connectivity index (χ1n) is 12.6. The maximum absolute atomic E-state index is 13.4. The molecular weight excluding hydrogens is 444 g/mol. The number of likely N-dealkylation sites (N-methyl/N-ethyl adjacent to an activating group) is 1. The van der Waals surface area contributed by atoms with E-state index in [0.717, 1.165) is 30.4 Å². The van der Waals surface area contributed by atoms with Crippen LogP contribution in [0.4, 0.5) is 4.79 Å². The number of carboxylic acid groups (broad SMARTS) is 1. The zero-order chi connectivity index (χ0) is 24.7. The van der Waals surface area contributed by atoms with Crippen LogP contribution in [0.3, 0.4) is 0 Å². The summed E-state index contributed by atoms with van der Waals surface area (Å²) in [5.74, 6) is -1.26. The average Bonchev–Trinajstić information content (AvgIpc) is 3.55. The van der Waals surface area contributed by atoms with Crippen LogP contribution in [-0.4, -0.2) is 53.2 Å². The molecule has 7 heteroatoms. The first-order valence-corrected chi connectivity index (χ1v) is 12.6. The molecule has 0 radical (unpaired) electrons. The summed E-state index contributed by atoms with van der Waals surface area (Å²) in [6.45, 7) is 3.86. The SMILES string of the molecule is CCN(C(=O)C1C2CCC(C2)C1NC(=O)OCC1c2ccccc2-c2ccccc21)C(C)C(=O)O. The van der Waals surface area contributed by atoms with Crippen molar-refractivity contribution in [3.8, 4) is 11.1 Å². The van der Waals surface area contributed by atoms with Crippen LogP contribution >= 0.6 is 0 Å². The quantitative estimate of drug-likeness (QED) is 0.623. The Morgan fingerprint density at radius 3 is 2.23 bits per heavy atom. The standard InChI is InChI=1S/C28H32N2O5/c1-3-30(16(2)27(32)33)26(31)24-17-12-13-18(14-17)25(24)29-28(34)35-15-23-21-10-6-4-8-19(21)20-9-5-7-11-22(20)23/h4-11,16-18,23-25H,3,12-15H2,1-2H3,(H,29,34)(H,32,33). The minimum atomic E-state index is -1.02. The number of carbonyl (C=O) groups excluding carboxylic acids is 2. The molecule has 35 heavy (non-hydrogen) atoms. The van der Waals surface area contributed by atoms with E-state index in [1.165, 1.54) is 23.0 Å². The van der Waals surface area contributed by atoms with Crippen LogP contribution in [0.25, 0.3) is 11.1 Å². The number of carbonyl (C=O) groups is 3. The maximum Gasteiger partial charge on any atom is 0.407 e. The molecule has 5 unspecified atom stereocenters. The predicted molar refractivity (Wildman–Crippen MR) is 131 cm³/mol. The minimum absolute atomic E-state index is 0.0300. The summed E-state index contributed by atoms with van der Waals surface area (Å²) >= 11 is 0. The third kappa shape index (κ3) is 4.07. The van der Waals surface area contributed by atoms with Gasteiger partial charge in [-0.3, -0.25) is 4.79 Å². The summed E-state index contributed by atoms with van der Waals surface area (Å²) < 4.78 is 5.74. The lowest BCUT2D eigenvalue weighted by Gasteiger charge is -2.35. The van der Waals surface area contributed by atoms with E-state index in [1.54, 1.807) is 6.92 Å². The Hall–Kier alpha value is -3.35. The number of rotatable bonds is 7. The van der Waals surface area contributed by atoms with Gasteiger partial charge in [0.2, 0.25) is 5.91 Å². The Labute approximate surface area is 205 Å². The second kappa shape index (κ2) is 9.36. The van der Waals surface area contributed by atoms with Gasteiger partial charge in [0.1, 0.15) is 12.6 Å². The number of nitrogens with one attached hydrogen (secondary N) is 1. The predicted octanol–water partition coefficient (Wildman–Crippen LogP) is 4.26. The second-order valence-electron chi connectivity index (χ2n) is 9.99. The van der Waals surface area contributed by atoms with E-state index in [0.29, 0.717) is 6.54 Å². The van der Waals surface area contributed by atoms with Gasteiger partial charge in [-0.1, -0.05) is 48.5 Å². The summed E-state index contributed by atoms with van der Waals surface area (Å²) in [6, 6.07) is 15.2. The van der Waals surface area contributed by atoms with E-state index in [4.69, 9.17) is 4.74 Å². The Balaban J connectivity index is 1.28. The van der Waals surface area contributed by atoms with Gasteiger partial charge in [-0.2, -0.15) is 0 Å². The molecule has 0 spiro atoms. The van der Waals surface area contributed by atoms with Crippen molar-refractivity contribution in [3.63, 3.8) is 0 Å². The molecule has 2 N–H and O–H groups in total. The fraction of sp³-hybridized carbons (Fsp3) is 0.464. The minimum Gasteiger partial charge on any atom is -0.480 e. The molecule has 0 aromatic heterocycles. The van der Waals surface area contributed by atoms with Crippen molar-refractivity contribution in [1.29, 1.82) is 0 Å². The van der Waals surface area contributed by atoms with E-state index in [-0.39, 0.29) is 36.3 Å². The molecule has 0 aliphatic heterocycles. The van der Waals surface area contributed by atoms with E-state index >= 15 is 0 Å². The summed E-state index contributed by atoms with van der Waals surface area (Å²) in [5.41, 5.74) is 4.64. The molecule has 3 aliphatic rings. The molecule has 184 valence electrons. The Bertz CT molecular complexity index is 1100. The fourth-order valence-electron chi connectivity index (χ4n) is 6.58. The van der Waals surface area contributed by atoms with Crippen molar-refractivity contribution in [2.45, 2.75) is 51.1 Å². The summed E-state index contributed by atoms with van der Waals surface area (Å²) in [7, 11) is 0. The molecule has 2 aromatic rings. The van der Waals surface area contributed by atoms with Crippen LogP contribution < -0.4 is 5.32 Å². The van der Waals surface area contributed by atoms with Crippen molar-refractivity contribution in [2.24, 2.45) is 17.8 Å². The van der Waals surface area contributed by atoms with Gasteiger partial charge in [-0.25, -0.2) is 9.59 Å². The van der Waals surface area contributed by atoms with Gasteiger partial charge in [0.25, 0.3) is 0 Å². The van der Waals surface area contributed by atoms with Crippen LogP contribution in [0.15, 0.2) is 48.5 Å². The highest BCUT2D eigenvalue weighted by atomic mass is 16.5. The van der Waals surface area contributed by atoms with Gasteiger partial charge in [0, 0.05) is 18.5 Å². The normalized spacial score (nSPS) is 25.0. The average molecular weight is 477 g/mol. The highest BCUT2D eigenvalue weighted by Gasteiger charge is 2.53. The van der Waals surface area contributed by atoms with Crippen molar-refractivity contribution in [1.82, 2.24) is 10.2 Å². The molecule has 2 saturated carbocycles. The lowest BCUT2D eigenvalue weighted by atomic mass is 9.83. The maximum atomic E-state index is 13.4. The largest absolute Gasteiger partial charge is 0.480 e. The monoisotopic (exact) mass is 476 g/mol. The fourth-order valence-corrected chi connectivity index (χ4v) is 6.58. The van der Waals surface area contributed by atoms with Gasteiger partial charge in [-0.15, -0.1) is 0 Å². The van der Waals surface area contributed by atoms with E-state index in [2.05, 4.69) is 29.6 Å². The highest BCUT2D eigenvalue weighted by Crippen LogP contribution is 2.49. The molecule has 5 atom stereocenters. The van der Waals surface area contributed by atoms with E-state index < -0.39 is 24.0 Å². The molecule has 2 bridgehead atoms. The molecule has 5 rings (SSSR count). The molecule has 7 nitrogen and oxygen atoms in total. The van der Waals surface area contributed by atoms with Gasteiger partial charge < -0.3 is 20.1 Å². The molecular formula is C28H32N2O5. The van der Waals surface area contributed by atoms with Crippen LogP contribution in [-0.2, 0) is 14.3 Å². The number of amides is 2. The second-order valence-corrected chi connectivity index (χ2v) is 9.99.